The first-order valence-electron chi connectivity index (χ1n) is 5.64. The molecule has 3 aromatic rings. The van der Waals surface area contributed by atoms with Gasteiger partial charge < -0.3 is 4.42 Å². The molecular weight excluding hydrogens is 250 g/mol. The molecule has 0 amide bonds. The topological polar surface area (TPSA) is 30.2 Å². The van der Waals surface area contributed by atoms with Crippen molar-refractivity contribution < 1.29 is 18.0 Å². The third-order valence-electron chi connectivity index (χ3n) is 2.84. The quantitative estimate of drug-likeness (QED) is 0.652. The summed E-state index contributed by atoms with van der Waals surface area (Å²) in [4.78, 5) is 12.1. The van der Waals surface area contributed by atoms with Crippen LogP contribution in [0.5, 0.6) is 0 Å². The summed E-state index contributed by atoms with van der Waals surface area (Å²) >= 11 is 0. The molecule has 0 saturated heterocycles. The lowest BCUT2D eigenvalue weighted by molar-refractivity contribution is 0.100. The molecule has 2 aromatic carbocycles. The Morgan fingerprint density at radius 1 is 0.947 bits per heavy atom. The summed E-state index contributed by atoms with van der Waals surface area (Å²) in [6.45, 7) is 0. The van der Waals surface area contributed by atoms with E-state index in [0.29, 0.717) is 11.0 Å². The third kappa shape index (κ3) is 1.91. The first-order chi connectivity index (χ1) is 9.16. The van der Waals surface area contributed by atoms with Gasteiger partial charge in [-0.05, 0) is 24.3 Å². The molecule has 0 fully saturated rings. The molecule has 0 bridgehead atoms. The molecule has 19 heavy (non-hydrogen) atoms. The predicted molar refractivity (Wildman–Crippen MR) is 66.0 cm³/mol. The number of rotatable bonds is 2. The number of benzene rings is 2. The molecule has 1 aromatic heterocycles. The Bertz CT molecular complexity index is 721. The van der Waals surface area contributed by atoms with Gasteiger partial charge in [-0.3, -0.25) is 4.79 Å². The Kier molecular flexibility index (Phi) is 2.63. The zero-order chi connectivity index (χ0) is 13.4. The van der Waals surface area contributed by atoms with Crippen LogP contribution >= 0.6 is 0 Å². The van der Waals surface area contributed by atoms with E-state index in [1.54, 1.807) is 24.3 Å². The average molecular weight is 258 g/mol. The van der Waals surface area contributed by atoms with Crippen molar-refractivity contribution in [2.75, 3.05) is 0 Å². The van der Waals surface area contributed by atoms with Gasteiger partial charge in [-0.1, -0.05) is 24.3 Å². The summed E-state index contributed by atoms with van der Waals surface area (Å²) in [6.07, 6.45) is 0. The fraction of sp³-hybridized carbons (Fsp3) is 0. The number of ketones is 1. The van der Waals surface area contributed by atoms with E-state index in [2.05, 4.69) is 0 Å². The summed E-state index contributed by atoms with van der Waals surface area (Å²) in [5, 5.41) is 0.711. The SMILES string of the molecule is O=C(c1cc2ccccc2o1)c1c(F)cccc1F. The maximum Gasteiger partial charge on any atom is 0.234 e. The van der Waals surface area contributed by atoms with Gasteiger partial charge >= 0.3 is 0 Å². The molecule has 0 saturated carbocycles. The normalized spacial score (nSPS) is 10.8. The smallest absolute Gasteiger partial charge is 0.234 e. The second-order valence-corrected chi connectivity index (χ2v) is 4.07. The molecular formula is C15H8F2O2. The van der Waals surface area contributed by atoms with Gasteiger partial charge in [0.1, 0.15) is 17.2 Å². The molecule has 94 valence electrons. The summed E-state index contributed by atoms with van der Waals surface area (Å²) in [5.74, 6) is -2.67. The lowest BCUT2D eigenvalue weighted by Crippen LogP contribution is -2.06. The Hall–Kier alpha value is -2.49. The van der Waals surface area contributed by atoms with Crippen LogP contribution in [0.3, 0.4) is 0 Å². The van der Waals surface area contributed by atoms with E-state index in [9.17, 15) is 13.6 Å². The van der Waals surface area contributed by atoms with Crippen LogP contribution in [0.1, 0.15) is 16.1 Å². The van der Waals surface area contributed by atoms with Crippen LogP contribution in [0, 0.1) is 11.6 Å². The minimum atomic E-state index is -0.898. The number of carbonyl (C=O) groups is 1. The van der Waals surface area contributed by atoms with Gasteiger partial charge in [0.25, 0.3) is 0 Å². The monoisotopic (exact) mass is 258 g/mol. The van der Waals surface area contributed by atoms with Crippen LogP contribution in [0.4, 0.5) is 8.78 Å². The first kappa shape index (κ1) is 11.6. The van der Waals surface area contributed by atoms with Crippen molar-refractivity contribution >= 4 is 16.8 Å². The highest BCUT2D eigenvalue weighted by molar-refractivity contribution is 6.09. The van der Waals surface area contributed by atoms with Gasteiger partial charge in [0.15, 0.2) is 5.76 Å². The van der Waals surface area contributed by atoms with Crippen LogP contribution in [0.25, 0.3) is 11.0 Å². The number of hydrogen-bond acceptors (Lipinski definition) is 2. The van der Waals surface area contributed by atoms with Crippen molar-refractivity contribution in [1.29, 1.82) is 0 Å². The lowest BCUT2D eigenvalue weighted by atomic mass is 10.1. The molecule has 0 aliphatic carbocycles. The molecule has 0 radical (unpaired) electrons. The molecule has 1 heterocycles. The molecule has 0 aliphatic heterocycles. The van der Waals surface area contributed by atoms with Crippen LogP contribution in [-0.4, -0.2) is 5.78 Å². The minimum Gasteiger partial charge on any atom is -0.453 e. The maximum absolute atomic E-state index is 13.5. The Morgan fingerprint density at radius 3 is 2.32 bits per heavy atom. The number of furan rings is 1. The van der Waals surface area contributed by atoms with Gasteiger partial charge in [0.2, 0.25) is 5.78 Å². The molecule has 0 spiro atoms. The van der Waals surface area contributed by atoms with Crippen LogP contribution in [-0.2, 0) is 0 Å². The summed E-state index contributed by atoms with van der Waals surface area (Å²) in [5.41, 5.74) is -0.0934. The summed E-state index contributed by atoms with van der Waals surface area (Å²) < 4.78 is 32.4. The van der Waals surface area contributed by atoms with E-state index in [-0.39, 0.29) is 5.76 Å². The second-order valence-electron chi connectivity index (χ2n) is 4.07. The van der Waals surface area contributed by atoms with Crippen LogP contribution in [0.15, 0.2) is 52.9 Å². The molecule has 0 unspecified atom stereocenters. The van der Waals surface area contributed by atoms with Crippen LogP contribution < -0.4 is 0 Å². The van der Waals surface area contributed by atoms with Crippen molar-refractivity contribution in [2.24, 2.45) is 0 Å². The Morgan fingerprint density at radius 2 is 1.63 bits per heavy atom. The number of halogens is 2. The van der Waals surface area contributed by atoms with Crippen molar-refractivity contribution in [2.45, 2.75) is 0 Å². The van der Waals surface area contributed by atoms with Crippen molar-refractivity contribution in [3.05, 3.63) is 71.5 Å². The minimum absolute atomic E-state index is 0.0785. The summed E-state index contributed by atoms with van der Waals surface area (Å²) in [6, 6.07) is 11.7. The molecule has 2 nitrogen and oxygen atoms in total. The van der Waals surface area contributed by atoms with E-state index in [1.165, 1.54) is 12.1 Å². The zero-order valence-electron chi connectivity index (χ0n) is 9.69. The fourth-order valence-corrected chi connectivity index (χ4v) is 1.93. The average Bonchev–Trinajstić information content (AvgIpc) is 2.82. The van der Waals surface area contributed by atoms with Gasteiger partial charge in [0, 0.05) is 5.39 Å². The Balaban J connectivity index is 2.13. The standard InChI is InChI=1S/C15H8F2O2/c16-10-5-3-6-11(17)14(10)15(18)13-8-9-4-1-2-7-12(9)19-13/h1-8H. The second kappa shape index (κ2) is 4.31. The zero-order valence-corrected chi connectivity index (χ0v) is 9.69. The highest BCUT2D eigenvalue weighted by Crippen LogP contribution is 2.23. The molecule has 4 heteroatoms. The number of fused-ring (bicyclic) bond motifs is 1. The van der Waals surface area contributed by atoms with Crippen molar-refractivity contribution in [3.8, 4) is 0 Å². The third-order valence-corrected chi connectivity index (χ3v) is 2.84. The number of para-hydroxylation sites is 1. The van der Waals surface area contributed by atoms with Crippen molar-refractivity contribution in [3.63, 3.8) is 0 Å². The highest BCUT2D eigenvalue weighted by atomic mass is 19.1. The van der Waals surface area contributed by atoms with E-state index >= 15 is 0 Å². The number of hydrogen-bond donors (Lipinski definition) is 0. The van der Waals surface area contributed by atoms with Crippen LogP contribution in [0.2, 0.25) is 0 Å². The maximum atomic E-state index is 13.5. The summed E-state index contributed by atoms with van der Waals surface area (Å²) in [7, 11) is 0. The van der Waals surface area contributed by atoms with E-state index < -0.39 is 23.0 Å². The van der Waals surface area contributed by atoms with Gasteiger partial charge in [0.05, 0.1) is 5.56 Å². The van der Waals surface area contributed by atoms with Gasteiger partial charge in [-0.25, -0.2) is 8.78 Å². The lowest BCUT2D eigenvalue weighted by Gasteiger charge is -2.00. The van der Waals surface area contributed by atoms with Crippen molar-refractivity contribution in [1.82, 2.24) is 0 Å². The first-order valence-corrected chi connectivity index (χ1v) is 5.64. The van der Waals surface area contributed by atoms with Gasteiger partial charge in [-0.2, -0.15) is 0 Å². The molecule has 3 rings (SSSR count). The van der Waals surface area contributed by atoms with E-state index in [0.717, 1.165) is 12.1 Å². The Labute approximate surface area is 107 Å². The van der Waals surface area contributed by atoms with E-state index in [1.807, 2.05) is 0 Å². The molecule has 0 aliphatic rings. The molecule has 0 N–H and O–H groups in total. The highest BCUT2D eigenvalue weighted by Gasteiger charge is 2.21. The largest absolute Gasteiger partial charge is 0.453 e. The fourth-order valence-electron chi connectivity index (χ4n) is 1.93. The van der Waals surface area contributed by atoms with E-state index in [4.69, 9.17) is 4.42 Å². The van der Waals surface area contributed by atoms with Gasteiger partial charge in [-0.15, -0.1) is 0 Å². The predicted octanol–water partition coefficient (Wildman–Crippen LogP) is 3.94. The number of carbonyl (C=O) groups excluding carboxylic acids is 1. The molecule has 0 atom stereocenters.